The third kappa shape index (κ3) is 2.87. The molecule has 0 bridgehead atoms. The van der Waals surface area contributed by atoms with Crippen LogP contribution in [0.5, 0.6) is 0 Å². The summed E-state index contributed by atoms with van der Waals surface area (Å²) in [7, 11) is 0. The maximum atomic E-state index is 11.4. The van der Waals surface area contributed by atoms with Crippen molar-refractivity contribution in [3.63, 3.8) is 0 Å². The molecule has 122 valence electrons. The Morgan fingerprint density at radius 3 is 2.74 bits per heavy atom. The van der Waals surface area contributed by atoms with Gasteiger partial charge in [-0.3, -0.25) is 14.7 Å². The van der Waals surface area contributed by atoms with E-state index in [1.165, 1.54) is 0 Å². The SMILES string of the molecule is Cc1nc(N[C@H]2COC[C@H]2C)nc(-n2ccnc2C)c1[N+](=O)[O-]. The molecule has 2 aromatic heterocycles. The van der Waals surface area contributed by atoms with Gasteiger partial charge in [0.2, 0.25) is 11.8 Å². The predicted molar refractivity (Wildman–Crippen MR) is 82.7 cm³/mol. The fourth-order valence-electron chi connectivity index (χ4n) is 2.61. The van der Waals surface area contributed by atoms with E-state index in [0.717, 1.165) is 0 Å². The zero-order chi connectivity index (χ0) is 16.6. The van der Waals surface area contributed by atoms with Crippen molar-refractivity contribution in [2.45, 2.75) is 26.8 Å². The molecule has 0 saturated carbocycles. The highest BCUT2D eigenvalue weighted by Gasteiger charge is 2.28. The normalized spacial score (nSPS) is 20.7. The van der Waals surface area contributed by atoms with Crippen molar-refractivity contribution in [3.05, 3.63) is 34.0 Å². The number of rotatable bonds is 4. The van der Waals surface area contributed by atoms with E-state index in [2.05, 4.69) is 27.2 Å². The van der Waals surface area contributed by atoms with Gasteiger partial charge in [0.25, 0.3) is 0 Å². The molecule has 9 heteroatoms. The van der Waals surface area contributed by atoms with Crippen LogP contribution in [0, 0.1) is 29.9 Å². The van der Waals surface area contributed by atoms with E-state index in [1.807, 2.05) is 0 Å². The second-order valence-corrected chi connectivity index (χ2v) is 5.67. The maximum absolute atomic E-state index is 11.4. The van der Waals surface area contributed by atoms with Crippen LogP contribution in [0.25, 0.3) is 5.82 Å². The van der Waals surface area contributed by atoms with Crippen LogP contribution in [0.4, 0.5) is 11.6 Å². The number of hydrogen-bond donors (Lipinski definition) is 1. The molecule has 1 N–H and O–H groups in total. The summed E-state index contributed by atoms with van der Waals surface area (Å²) in [5, 5.41) is 14.6. The summed E-state index contributed by atoms with van der Waals surface area (Å²) in [6.07, 6.45) is 3.23. The highest BCUT2D eigenvalue weighted by Crippen LogP contribution is 2.27. The van der Waals surface area contributed by atoms with Crippen molar-refractivity contribution in [2.24, 2.45) is 5.92 Å². The summed E-state index contributed by atoms with van der Waals surface area (Å²) >= 11 is 0. The maximum Gasteiger partial charge on any atom is 0.333 e. The molecule has 0 radical (unpaired) electrons. The Morgan fingerprint density at radius 1 is 1.39 bits per heavy atom. The van der Waals surface area contributed by atoms with Crippen molar-refractivity contribution < 1.29 is 9.66 Å². The molecule has 0 amide bonds. The Bertz CT molecular complexity index is 744. The number of anilines is 1. The number of ether oxygens (including phenoxy) is 1. The molecule has 0 spiro atoms. The molecule has 1 fully saturated rings. The van der Waals surface area contributed by atoms with E-state index >= 15 is 0 Å². The lowest BCUT2D eigenvalue weighted by Gasteiger charge is -2.16. The van der Waals surface area contributed by atoms with Crippen molar-refractivity contribution in [1.82, 2.24) is 19.5 Å². The topological polar surface area (TPSA) is 108 Å². The number of nitrogens with one attached hydrogen (secondary N) is 1. The van der Waals surface area contributed by atoms with Gasteiger partial charge in [0.15, 0.2) is 0 Å². The molecule has 23 heavy (non-hydrogen) atoms. The highest BCUT2D eigenvalue weighted by molar-refractivity contribution is 5.54. The van der Waals surface area contributed by atoms with Crippen LogP contribution < -0.4 is 5.32 Å². The molecule has 0 aliphatic carbocycles. The molecular formula is C14H18N6O3. The first-order valence-electron chi connectivity index (χ1n) is 7.35. The summed E-state index contributed by atoms with van der Waals surface area (Å²) in [5.41, 5.74) is 0.189. The van der Waals surface area contributed by atoms with Crippen LogP contribution in [0.15, 0.2) is 12.4 Å². The van der Waals surface area contributed by atoms with Crippen LogP contribution in [-0.4, -0.2) is 43.7 Å². The van der Waals surface area contributed by atoms with E-state index in [9.17, 15) is 10.1 Å². The molecule has 9 nitrogen and oxygen atoms in total. The van der Waals surface area contributed by atoms with E-state index in [1.54, 1.807) is 30.8 Å². The fraction of sp³-hybridized carbons (Fsp3) is 0.500. The van der Waals surface area contributed by atoms with Gasteiger partial charge in [-0.1, -0.05) is 6.92 Å². The fourth-order valence-corrected chi connectivity index (χ4v) is 2.61. The highest BCUT2D eigenvalue weighted by atomic mass is 16.6. The molecule has 1 aliphatic rings. The van der Waals surface area contributed by atoms with Gasteiger partial charge in [-0.15, -0.1) is 0 Å². The summed E-state index contributed by atoms with van der Waals surface area (Å²) in [4.78, 5) is 23.7. The number of aryl methyl sites for hydroxylation is 2. The van der Waals surface area contributed by atoms with Gasteiger partial charge in [-0.25, -0.2) is 9.97 Å². The average Bonchev–Trinajstić information content (AvgIpc) is 3.07. The molecular weight excluding hydrogens is 300 g/mol. The van der Waals surface area contributed by atoms with Crippen LogP contribution in [0.1, 0.15) is 18.4 Å². The van der Waals surface area contributed by atoms with Crippen molar-refractivity contribution in [1.29, 1.82) is 0 Å². The Balaban J connectivity index is 2.05. The number of aromatic nitrogens is 4. The summed E-state index contributed by atoms with van der Waals surface area (Å²) in [6.45, 7) is 6.69. The smallest absolute Gasteiger partial charge is 0.333 e. The van der Waals surface area contributed by atoms with Crippen molar-refractivity contribution >= 4 is 11.6 Å². The first-order chi connectivity index (χ1) is 11.0. The van der Waals surface area contributed by atoms with E-state index < -0.39 is 4.92 Å². The minimum Gasteiger partial charge on any atom is -0.379 e. The van der Waals surface area contributed by atoms with Crippen LogP contribution in [-0.2, 0) is 4.74 Å². The first-order valence-corrected chi connectivity index (χ1v) is 7.35. The van der Waals surface area contributed by atoms with Crippen LogP contribution in [0.2, 0.25) is 0 Å². The third-order valence-electron chi connectivity index (χ3n) is 3.96. The quantitative estimate of drug-likeness (QED) is 0.674. The van der Waals surface area contributed by atoms with Gasteiger partial charge in [0.1, 0.15) is 11.5 Å². The largest absolute Gasteiger partial charge is 0.379 e. The Hall–Kier alpha value is -2.55. The molecule has 0 unspecified atom stereocenters. The number of nitro groups is 1. The Labute approximate surface area is 132 Å². The van der Waals surface area contributed by atoms with Gasteiger partial charge < -0.3 is 10.1 Å². The lowest BCUT2D eigenvalue weighted by Crippen LogP contribution is -2.27. The molecule has 1 saturated heterocycles. The Morgan fingerprint density at radius 2 is 2.17 bits per heavy atom. The number of imidazole rings is 1. The van der Waals surface area contributed by atoms with Gasteiger partial charge in [0.05, 0.1) is 24.2 Å². The lowest BCUT2D eigenvalue weighted by molar-refractivity contribution is -0.385. The molecule has 2 aromatic rings. The van der Waals surface area contributed by atoms with Crippen LogP contribution in [0.3, 0.4) is 0 Å². The second kappa shape index (κ2) is 5.92. The number of nitrogens with zero attached hydrogens (tertiary/aromatic N) is 5. The summed E-state index contributed by atoms with van der Waals surface area (Å²) in [6, 6.07) is 0.0904. The monoisotopic (exact) mass is 318 g/mol. The van der Waals surface area contributed by atoms with Crippen molar-refractivity contribution in [2.75, 3.05) is 18.5 Å². The summed E-state index contributed by atoms with van der Waals surface area (Å²) < 4.78 is 7.00. The molecule has 3 rings (SSSR count). The Kier molecular flexibility index (Phi) is 3.95. The zero-order valence-corrected chi connectivity index (χ0v) is 13.2. The van der Waals surface area contributed by atoms with Gasteiger partial charge in [-0.05, 0) is 13.8 Å². The number of hydrogen-bond acceptors (Lipinski definition) is 7. The van der Waals surface area contributed by atoms with Gasteiger partial charge in [0, 0.05) is 18.3 Å². The third-order valence-corrected chi connectivity index (χ3v) is 3.96. The first kappa shape index (κ1) is 15.3. The van der Waals surface area contributed by atoms with E-state index in [0.29, 0.717) is 36.6 Å². The average molecular weight is 318 g/mol. The molecule has 0 aromatic carbocycles. The predicted octanol–water partition coefficient (Wildman–Crippen LogP) is 1.63. The zero-order valence-electron chi connectivity index (χ0n) is 13.2. The standard InChI is InChI=1S/C14H18N6O3/c1-8-6-23-7-11(8)17-14-16-9(2)12(20(21)22)13(18-14)19-5-4-15-10(19)3/h4-5,8,11H,6-7H2,1-3H3,(H,16,17,18)/t8-,11+/m1/s1. The van der Waals surface area contributed by atoms with E-state index in [-0.39, 0.29) is 17.5 Å². The molecule has 2 atom stereocenters. The van der Waals surface area contributed by atoms with Gasteiger partial charge >= 0.3 is 5.69 Å². The summed E-state index contributed by atoms with van der Waals surface area (Å²) in [5.74, 6) is 1.52. The minimum atomic E-state index is -0.463. The van der Waals surface area contributed by atoms with E-state index in [4.69, 9.17) is 4.74 Å². The minimum absolute atomic E-state index is 0.0904. The molecule has 1 aliphatic heterocycles. The lowest BCUT2D eigenvalue weighted by atomic mass is 10.1. The van der Waals surface area contributed by atoms with Crippen LogP contribution >= 0.6 is 0 Å². The van der Waals surface area contributed by atoms with Gasteiger partial charge in [-0.2, -0.15) is 4.98 Å². The molecule has 3 heterocycles. The second-order valence-electron chi connectivity index (χ2n) is 5.67. The van der Waals surface area contributed by atoms with Crippen molar-refractivity contribution in [3.8, 4) is 5.82 Å².